The minimum absolute atomic E-state index is 0.0122. The first-order valence-electron chi connectivity index (χ1n) is 5.73. The summed E-state index contributed by atoms with van der Waals surface area (Å²) < 4.78 is 4.99. The number of rotatable bonds is 5. The van der Waals surface area contributed by atoms with E-state index in [1.54, 1.807) is 0 Å². The molecule has 0 bridgehead atoms. The maximum absolute atomic E-state index is 11.1. The molecule has 0 saturated carbocycles. The summed E-state index contributed by atoms with van der Waals surface area (Å²) in [6.07, 6.45) is 0. The molecule has 100 valence electrons. The number of methoxy groups -OCH3 is 1. The summed E-state index contributed by atoms with van der Waals surface area (Å²) in [5.41, 5.74) is -0.226. The first-order chi connectivity index (χ1) is 8.36. The minimum atomic E-state index is -0.534. The van der Waals surface area contributed by atoms with Crippen molar-refractivity contribution in [1.82, 2.24) is 9.97 Å². The van der Waals surface area contributed by atoms with E-state index >= 15 is 0 Å². The van der Waals surface area contributed by atoms with Crippen LogP contribution in [0.25, 0.3) is 0 Å². The number of nitrogens with one attached hydrogen (secondary N) is 1. The van der Waals surface area contributed by atoms with Crippen LogP contribution in [-0.2, 0) is 0 Å². The van der Waals surface area contributed by atoms with Crippen molar-refractivity contribution < 1.29 is 9.66 Å². The highest BCUT2D eigenvalue weighted by Crippen LogP contribution is 2.33. The lowest BCUT2D eigenvalue weighted by molar-refractivity contribution is -0.385. The molecule has 0 radical (unpaired) electrons. The fraction of sp³-hybridized carbons (Fsp3) is 0.636. The third-order valence-electron chi connectivity index (χ3n) is 2.19. The number of anilines is 1. The highest BCUT2D eigenvalue weighted by Gasteiger charge is 2.26. The zero-order valence-electron chi connectivity index (χ0n) is 11.2. The van der Waals surface area contributed by atoms with E-state index in [-0.39, 0.29) is 29.3 Å². The summed E-state index contributed by atoms with van der Waals surface area (Å²) in [4.78, 5) is 18.8. The van der Waals surface area contributed by atoms with E-state index in [0.717, 1.165) is 0 Å². The summed E-state index contributed by atoms with van der Waals surface area (Å²) in [6.45, 7) is 7.60. The first-order valence-corrected chi connectivity index (χ1v) is 5.73. The average molecular weight is 254 g/mol. The van der Waals surface area contributed by atoms with Crippen LogP contribution in [0.15, 0.2) is 0 Å². The number of nitrogens with zero attached hydrogens (tertiary/aromatic N) is 3. The molecule has 7 heteroatoms. The second-order valence-corrected chi connectivity index (χ2v) is 4.50. The van der Waals surface area contributed by atoms with Crippen LogP contribution in [0, 0.1) is 10.1 Å². The number of nitro groups is 1. The van der Waals surface area contributed by atoms with Gasteiger partial charge in [0.25, 0.3) is 5.88 Å². The van der Waals surface area contributed by atoms with Gasteiger partial charge >= 0.3 is 5.69 Å². The summed E-state index contributed by atoms with van der Waals surface area (Å²) >= 11 is 0. The zero-order chi connectivity index (χ0) is 13.9. The molecule has 0 aliphatic heterocycles. The van der Waals surface area contributed by atoms with Crippen molar-refractivity contribution in [3.05, 3.63) is 15.9 Å². The molecule has 0 aliphatic carbocycles. The van der Waals surface area contributed by atoms with Crippen LogP contribution < -0.4 is 10.1 Å². The van der Waals surface area contributed by atoms with Gasteiger partial charge in [-0.1, -0.05) is 13.8 Å². The van der Waals surface area contributed by atoms with Crippen molar-refractivity contribution >= 4 is 11.5 Å². The predicted octanol–water partition coefficient (Wildman–Crippen LogP) is 2.34. The van der Waals surface area contributed by atoms with Gasteiger partial charge in [0.05, 0.1) is 12.0 Å². The number of aromatic nitrogens is 2. The second-order valence-electron chi connectivity index (χ2n) is 4.50. The summed E-state index contributed by atoms with van der Waals surface area (Å²) in [7, 11) is 1.36. The van der Waals surface area contributed by atoms with Crippen LogP contribution in [0.2, 0.25) is 0 Å². The highest BCUT2D eigenvalue weighted by molar-refractivity contribution is 5.62. The molecule has 1 rings (SSSR count). The Bertz CT molecular complexity index is 446. The SMILES string of the molecule is COc1nc(C(C)C)nc(NC(C)C)c1[N+](=O)[O-]. The lowest BCUT2D eigenvalue weighted by Crippen LogP contribution is -2.15. The molecule has 18 heavy (non-hydrogen) atoms. The Morgan fingerprint density at radius 3 is 2.28 bits per heavy atom. The molecule has 0 saturated heterocycles. The van der Waals surface area contributed by atoms with Gasteiger partial charge in [0.2, 0.25) is 5.82 Å². The minimum Gasteiger partial charge on any atom is -0.476 e. The Balaban J connectivity index is 3.41. The Labute approximate surface area is 106 Å². The molecule has 1 aromatic heterocycles. The molecular formula is C11H18N4O3. The Hall–Kier alpha value is -1.92. The maximum atomic E-state index is 11.1. The van der Waals surface area contributed by atoms with Gasteiger partial charge in [-0.3, -0.25) is 10.1 Å². The van der Waals surface area contributed by atoms with Crippen molar-refractivity contribution in [2.75, 3.05) is 12.4 Å². The largest absolute Gasteiger partial charge is 0.476 e. The van der Waals surface area contributed by atoms with Crippen LogP contribution in [0.1, 0.15) is 39.4 Å². The topological polar surface area (TPSA) is 90.2 Å². The molecule has 0 spiro atoms. The fourth-order valence-corrected chi connectivity index (χ4v) is 1.39. The molecule has 0 aliphatic rings. The molecule has 7 nitrogen and oxygen atoms in total. The highest BCUT2D eigenvalue weighted by atomic mass is 16.6. The van der Waals surface area contributed by atoms with Crippen molar-refractivity contribution in [3.63, 3.8) is 0 Å². The zero-order valence-corrected chi connectivity index (χ0v) is 11.2. The van der Waals surface area contributed by atoms with E-state index in [2.05, 4.69) is 15.3 Å². The quantitative estimate of drug-likeness (QED) is 0.640. The van der Waals surface area contributed by atoms with Gasteiger partial charge in [-0.25, -0.2) is 4.98 Å². The van der Waals surface area contributed by atoms with Gasteiger partial charge in [0.1, 0.15) is 5.82 Å². The van der Waals surface area contributed by atoms with Crippen molar-refractivity contribution in [3.8, 4) is 5.88 Å². The van der Waals surface area contributed by atoms with Crippen LogP contribution in [0.3, 0.4) is 0 Å². The Kier molecular flexibility index (Phi) is 4.41. The molecule has 0 unspecified atom stereocenters. The number of hydrogen-bond donors (Lipinski definition) is 1. The molecule has 0 atom stereocenters. The Morgan fingerprint density at radius 2 is 1.89 bits per heavy atom. The number of ether oxygens (including phenoxy) is 1. The molecule has 0 fully saturated rings. The predicted molar refractivity (Wildman–Crippen MR) is 68.1 cm³/mol. The van der Waals surface area contributed by atoms with E-state index in [9.17, 15) is 10.1 Å². The lowest BCUT2D eigenvalue weighted by Gasteiger charge is -2.13. The van der Waals surface area contributed by atoms with E-state index in [4.69, 9.17) is 4.74 Å². The molecule has 0 aromatic carbocycles. The van der Waals surface area contributed by atoms with Crippen molar-refractivity contribution in [2.45, 2.75) is 39.7 Å². The van der Waals surface area contributed by atoms with Crippen LogP contribution in [0.4, 0.5) is 11.5 Å². The van der Waals surface area contributed by atoms with Gasteiger partial charge in [-0.15, -0.1) is 0 Å². The van der Waals surface area contributed by atoms with Crippen LogP contribution >= 0.6 is 0 Å². The summed E-state index contributed by atoms with van der Waals surface area (Å²) in [6, 6.07) is 0.0309. The monoisotopic (exact) mass is 254 g/mol. The molecule has 1 aromatic rings. The van der Waals surface area contributed by atoms with E-state index in [0.29, 0.717) is 5.82 Å². The van der Waals surface area contributed by atoms with Crippen LogP contribution in [0.5, 0.6) is 5.88 Å². The van der Waals surface area contributed by atoms with Crippen molar-refractivity contribution in [1.29, 1.82) is 0 Å². The van der Waals surface area contributed by atoms with Gasteiger partial charge < -0.3 is 10.1 Å². The lowest BCUT2D eigenvalue weighted by atomic mass is 10.2. The van der Waals surface area contributed by atoms with Gasteiger partial charge in [-0.2, -0.15) is 4.98 Å². The molecular weight excluding hydrogens is 236 g/mol. The van der Waals surface area contributed by atoms with Crippen LogP contribution in [-0.4, -0.2) is 28.0 Å². The molecule has 1 N–H and O–H groups in total. The summed E-state index contributed by atoms with van der Waals surface area (Å²) in [5.74, 6) is 0.764. The van der Waals surface area contributed by atoms with E-state index in [1.807, 2.05) is 27.7 Å². The van der Waals surface area contributed by atoms with Gasteiger partial charge in [-0.05, 0) is 13.8 Å². The maximum Gasteiger partial charge on any atom is 0.372 e. The smallest absolute Gasteiger partial charge is 0.372 e. The van der Waals surface area contributed by atoms with Crippen molar-refractivity contribution in [2.24, 2.45) is 0 Å². The fourth-order valence-electron chi connectivity index (χ4n) is 1.39. The summed E-state index contributed by atoms with van der Waals surface area (Å²) in [5, 5.41) is 14.0. The second kappa shape index (κ2) is 5.61. The molecule has 1 heterocycles. The third kappa shape index (κ3) is 3.06. The standard InChI is InChI=1S/C11H18N4O3/c1-6(2)9-13-10(12-7(3)4)8(15(16)17)11(14-9)18-5/h6-7H,1-5H3,(H,12,13,14). The first kappa shape index (κ1) is 14.1. The third-order valence-corrected chi connectivity index (χ3v) is 2.19. The van der Waals surface area contributed by atoms with Gasteiger partial charge in [0, 0.05) is 12.0 Å². The van der Waals surface area contributed by atoms with E-state index in [1.165, 1.54) is 7.11 Å². The van der Waals surface area contributed by atoms with E-state index < -0.39 is 4.92 Å². The number of hydrogen-bond acceptors (Lipinski definition) is 6. The normalized spacial score (nSPS) is 10.8. The average Bonchev–Trinajstić information content (AvgIpc) is 2.26. The molecule has 0 amide bonds. The van der Waals surface area contributed by atoms with Gasteiger partial charge in [0.15, 0.2) is 0 Å². The Morgan fingerprint density at radius 1 is 1.28 bits per heavy atom.